The largest absolute Gasteiger partial charge is 0.497 e. The minimum Gasteiger partial charge on any atom is -0.497 e. The quantitative estimate of drug-likeness (QED) is 0.761. The van der Waals surface area contributed by atoms with Crippen LogP contribution in [0.2, 0.25) is 0 Å². The fraction of sp³-hybridized carbons (Fsp3) is 0.538. The first-order valence-electron chi connectivity index (χ1n) is 5.91. The third kappa shape index (κ3) is 6.49. The van der Waals surface area contributed by atoms with Crippen molar-refractivity contribution in [3.63, 3.8) is 0 Å². The molecule has 1 N–H and O–H groups in total. The summed E-state index contributed by atoms with van der Waals surface area (Å²) in [5.41, 5.74) is 1.14. The van der Waals surface area contributed by atoms with Crippen molar-refractivity contribution >= 4 is 0 Å². The Morgan fingerprint density at radius 3 is 2.33 bits per heavy atom. The van der Waals surface area contributed by atoms with Crippen LogP contribution in [0.1, 0.15) is 18.4 Å². The fourth-order valence-electron chi connectivity index (χ4n) is 1.56. The molecule has 1 rings (SSSR count). The Bertz CT molecular complexity index is 335. The molecular formula is C13H18F3NO. The van der Waals surface area contributed by atoms with Crippen molar-refractivity contribution in [1.82, 2.24) is 5.32 Å². The molecule has 0 aliphatic carbocycles. The van der Waals surface area contributed by atoms with Crippen molar-refractivity contribution in [3.8, 4) is 5.75 Å². The smallest absolute Gasteiger partial charge is 0.389 e. The second kappa shape index (κ2) is 7.26. The summed E-state index contributed by atoms with van der Waals surface area (Å²) < 4.78 is 40.6. The van der Waals surface area contributed by atoms with Gasteiger partial charge in [0.1, 0.15) is 5.75 Å². The van der Waals surface area contributed by atoms with E-state index in [9.17, 15) is 13.2 Å². The number of hydrogen-bond acceptors (Lipinski definition) is 2. The normalized spacial score (nSPS) is 11.6. The fourth-order valence-corrected chi connectivity index (χ4v) is 1.56. The van der Waals surface area contributed by atoms with Gasteiger partial charge in [-0.1, -0.05) is 12.1 Å². The lowest BCUT2D eigenvalue weighted by atomic mass is 10.1. The first-order chi connectivity index (χ1) is 8.51. The molecule has 0 amide bonds. The molecule has 0 radical (unpaired) electrons. The molecule has 0 unspecified atom stereocenters. The van der Waals surface area contributed by atoms with Crippen molar-refractivity contribution in [3.05, 3.63) is 29.8 Å². The van der Waals surface area contributed by atoms with Gasteiger partial charge in [-0.05, 0) is 43.6 Å². The van der Waals surface area contributed by atoms with E-state index in [0.29, 0.717) is 13.1 Å². The number of ether oxygens (including phenoxy) is 1. The minimum absolute atomic E-state index is 0.131. The van der Waals surface area contributed by atoms with Crippen molar-refractivity contribution in [2.45, 2.75) is 25.4 Å². The summed E-state index contributed by atoms with van der Waals surface area (Å²) in [5.74, 6) is 0.803. The van der Waals surface area contributed by atoms with Crippen LogP contribution in [0.4, 0.5) is 13.2 Å². The summed E-state index contributed by atoms with van der Waals surface area (Å²) in [4.78, 5) is 0. The minimum atomic E-state index is -4.04. The van der Waals surface area contributed by atoms with E-state index in [1.54, 1.807) is 7.11 Å². The highest BCUT2D eigenvalue weighted by atomic mass is 19.4. The van der Waals surface area contributed by atoms with Gasteiger partial charge < -0.3 is 10.1 Å². The summed E-state index contributed by atoms with van der Waals surface area (Å²) >= 11 is 0. The Morgan fingerprint density at radius 1 is 1.11 bits per heavy atom. The Balaban J connectivity index is 2.10. The lowest BCUT2D eigenvalue weighted by molar-refractivity contribution is -0.135. The summed E-state index contributed by atoms with van der Waals surface area (Å²) in [6.45, 7) is 1.08. The second-order valence-corrected chi connectivity index (χ2v) is 4.07. The Morgan fingerprint density at radius 2 is 1.78 bits per heavy atom. The summed E-state index contributed by atoms with van der Waals surface area (Å²) in [6.07, 6.45) is -3.83. The number of hydrogen-bond donors (Lipinski definition) is 1. The molecule has 0 bridgehead atoms. The predicted molar refractivity (Wildman–Crippen MR) is 64.9 cm³/mol. The van der Waals surface area contributed by atoms with Crippen molar-refractivity contribution in [1.29, 1.82) is 0 Å². The van der Waals surface area contributed by atoms with Crippen molar-refractivity contribution < 1.29 is 17.9 Å². The van der Waals surface area contributed by atoms with Gasteiger partial charge in [0.15, 0.2) is 0 Å². The number of methoxy groups -OCH3 is 1. The standard InChI is InChI=1S/C13H18F3NO/c1-18-12-5-3-11(4-6-12)7-10-17-9-2-8-13(14,15)16/h3-6,17H,2,7-10H2,1H3. The molecule has 0 aliphatic rings. The highest BCUT2D eigenvalue weighted by Crippen LogP contribution is 2.20. The number of halogens is 3. The van der Waals surface area contributed by atoms with Gasteiger partial charge in [0.25, 0.3) is 0 Å². The third-order valence-electron chi connectivity index (χ3n) is 2.56. The molecule has 0 aromatic heterocycles. The lowest BCUT2D eigenvalue weighted by Crippen LogP contribution is -2.20. The number of alkyl halides is 3. The maximum Gasteiger partial charge on any atom is 0.389 e. The van der Waals surface area contributed by atoms with Crippen LogP contribution in [-0.4, -0.2) is 26.4 Å². The van der Waals surface area contributed by atoms with E-state index in [0.717, 1.165) is 17.7 Å². The van der Waals surface area contributed by atoms with Crippen LogP contribution in [0.5, 0.6) is 5.75 Å². The highest BCUT2D eigenvalue weighted by molar-refractivity contribution is 5.27. The van der Waals surface area contributed by atoms with Gasteiger partial charge in [-0.25, -0.2) is 0 Å². The molecule has 102 valence electrons. The molecule has 0 aliphatic heterocycles. The summed E-state index contributed by atoms with van der Waals surface area (Å²) in [7, 11) is 1.61. The van der Waals surface area contributed by atoms with Crippen LogP contribution in [0.15, 0.2) is 24.3 Å². The van der Waals surface area contributed by atoms with Gasteiger partial charge >= 0.3 is 6.18 Å². The highest BCUT2D eigenvalue weighted by Gasteiger charge is 2.25. The van der Waals surface area contributed by atoms with Crippen LogP contribution in [0.25, 0.3) is 0 Å². The maximum absolute atomic E-state index is 11.9. The van der Waals surface area contributed by atoms with Crippen LogP contribution >= 0.6 is 0 Å². The zero-order valence-electron chi connectivity index (χ0n) is 10.4. The second-order valence-electron chi connectivity index (χ2n) is 4.07. The van der Waals surface area contributed by atoms with Crippen LogP contribution in [0, 0.1) is 0 Å². The molecule has 0 fully saturated rings. The Hall–Kier alpha value is -1.23. The van der Waals surface area contributed by atoms with E-state index in [4.69, 9.17) is 4.74 Å². The van der Waals surface area contributed by atoms with Gasteiger partial charge in [-0.15, -0.1) is 0 Å². The molecule has 18 heavy (non-hydrogen) atoms. The SMILES string of the molecule is COc1ccc(CCNCCCC(F)(F)F)cc1. The zero-order valence-corrected chi connectivity index (χ0v) is 10.4. The van der Waals surface area contributed by atoms with E-state index >= 15 is 0 Å². The first-order valence-corrected chi connectivity index (χ1v) is 5.91. The van der Waals surface area contributed by atoms with E-state index in [1.165, 1.54) is 0 Å². The lowest BCUT2D eigenvalue weighted by Gasteiger charge is -2.07. The average molecular weight is 261 g/mol. The molecule has 0 saturated heterocycles. The van der Waals surface area contributed by atoms with Gasteiger partial charge in [0, 0.05) is 6.42 Å². The molecular weight excluding hydrogens is 243 g/mol. The third-order valence-corrected chi connectivity index (χ3v) is 2.56. The van der Waals surface area contributed by atoms with Crippen molar-refractivity contribution in [2.75, 3.05) is 20.2 Å². The number of nitrogens with one attached hydrogen (secondary N) is 1. The molecule has 2 nitrogen and oxygen atoms in total. The van der Waals surface area contributed by atoms with E-state index < -0.39 is 12.6 Å². The van der Waals surface area contributed by atoms with Gasteiger partial charge in [0.05, 0.1) is 7.11 Å². The Kier molecular flexibility index (Phi) is 5.98. The van der Waals surface area contributed by atoms with Crippen LogP contribution < -0.4 is 10.1 Å². The van der Waals surface area contributed by atoms with Gasteiger partial charge in [0.2, 0.25) is 0 Å². The van der Waals surface area contributed by atoms with Gasteiger partial charge in [-0.3, -0.25) is 0 Å². The van der Waals surface area contributed by atoms with Crippen molar-refractivity contribution in [2.24, 2.45) is 0 Å². The topological polar surface area (TPSA) is 21.3 Å². The maximum atomic E-state index is 11.9. The molecule has 1 aromatic carbocycles. The summed E-state index contributed by atoms with van der Waals surface area (Å²) in [6, 6.07) is 7.66. The van der Waals surface area contributed by atoms with E-state index in [1.807, 2.05) is 24.3 Å². The molecule has 0 saturated carbocycles. The first kappa shape index (κ1) is 14.8. The monoisotopic (exact) mass is 261 g/mol. The van der Waals surface area contributed by atoms with Crippen LogP contribution in [0.3, 0.4) is 0 Å². The molecule has 0 spiro atoms. The van der Waals surface area contributed by atoms with Gasteiger partial charge in [-0.2, -0.15) is 13.2 Å². The predicted octanol–water partition coefficient (Wildman–Crippen LogP) is 3.17. The van der Waals surface area contributed by atoms with E-state index in [-0.39, 0.29) is 6.42 Å². The van der Waals surface area contributed by atoms with Crippen LogP contribution in [-0.2, 0) is 6.42 Å². The zero-order chi connectivity index (χ0) is 13.4. The average Bonchev–Trinajstić information content (AvgIpc) is 2.33. The molecule has 0 atom stereocenters. The molecule has 5 heteroatoms. The molecule has 0 heterocycles. The van der Waals surface area contributed by atoms with E-state index in [2.05, 4.69) is 5.32 Å². The number of rotatable bonds is 7. The Labute approximate surface area is 105 Å². The summed E-state index contributed by atoms with van der Waals surface area (Å²) in [5, 5.41) is 3.00. The molecule has 1 aromatic rings. The number of benzene rings is 1.